The topological polar surface area (TPSA) is 59.2 Å². The van der Waals surface area contributed by atoms with E-state index in [1.807, 2.05) is 6.92 Å². The molecule has 4 nitrogen and oxygen atoms in total. The summed E-state index contributed by atoms with van der Waals surface area (Å²) in [5.41, 5.74) is 7.76. The van der Waals surface area contributed by atoms with Crippen molar-refractivity contribution in [1.29, 1.82) is 0 Å². The lowest BCUT2D eigenvalue weighted by atomic mass is 10.1. The van der Waals surface area contributed by atoms with Crippen LogP contribution < -0.4 is 5.73 Å². The highest BCUT2D eigenvalue weighted by atomic mass is 16.2. The first kappa shape index (κ1) is 10.7. The van der Waals surface area contributed by atoms with E-state index < -0.39 is 0 Å². The molecule has 16 heavy (non-hydrogen) atoms. The van der Waals surface area contributed by atoms with Gasteiger partial charge in [0.05, 0.1) is 5.69 Å². The van der Waals surface area contributed by atoms with Gasteiger partial charge in [-0.2, -0.15) is 0 Å². The molecule has 2 heterocycles. The van der Waals surface area contributed by atoms with Gasteiger partial charge < -0.3 is 10.6 Å². The van der Waals surface area contributed by atoms with Crippen LogP contribution in [0.25, 0.3) is 0 Å². The van der Waals surface area contributed by atoms with Crippen molar-refractivity contribution in [2.24, 2.45) is 0 Å². The Balaban J connectivity index is 2.20. The highest BCUT2D eigenvalue weighted by Crippen LogP contribution is 2.15. The summed E-state index contributed by atoms with van der Waals surface area (Å²) in [6.07, 6.45) is 4.66. The van der Waals surface area contributed by atoms with Crippen molar-refractivity contribution < 1.29 is 4.79 Å². The van der Waals surface area contributed by atoms with Gasteiger partial charge in [0.1, 0.15) is 0 Å². The lowest BCUT2D eigenvalue weighted by molar-refractivity contribution is 0.0761. The molecule has 1 aromatic rings. The third-order valence-corrected chi connectivity index (χ3v) is 2.66. The molecular weight excluding hydrogens is 202 g/mol. The molecule has 0 atom stereocenters. The Labute approximate surface area is 94.8 Å². The average molecular weight is 217 g/mol. The molecule has 0 radical (unpaired) electrons. The molecule has 0 fully saturated rings. The van der Waals surface area contributed by atoms with Crippen molar-refractivity contribution in [1.82, 2.24) is 9.88 Å². The number of hydrogen-bond donors (Lipinski definition) is 1. The third-order valence-electron chi connectivity index (χ3n) is 2.66. The highest BCUT2D eigenvalue weighted by Gasteiger charge is 2.20. The minimum absolute atomic E-state index is 0.0782. The number of rotatable bonds is 1. The fraction of sp³-hybridized carbons (Fsp3) is 0.333. The van der Waals surface area contributed by atoms with Crippen LogP contribution in [0.4, 0.5) is 5.69 Å². The number of carbonyl (C=O) groups excluding carboxylic acids is 1. The number of nitrogens with two attached hydrogens (primary N) is 1. The first-order chi connectivity index (χ1) is 7.68. The van der Waals surface area contributed by atoms with E-state index >= 15 is 0 Å². The number of amides is 1. The zero-order valence-corrected chi connectivity index (χ0v) is 9.31. The number of aromatic nitrogens is 1. The van der Waals surface area contributed by atoms with Crippen LogP contribution in [0.1, 0.15) is 23.8 Å². The van der Waals surface area contributed by atoms with Crippen molar-refractivity contribution in [2.75, 3.05) is 18.8 Å². The Hall–Kier alpha value is -1.84. The maximum atomic E-state index is 12.1. The first-order valence-electron chi connectivity index (χ1n) is 5.34. The number of pyridine rings is 1. The summed E-state index contributed by atoms with van der Waals surface area (Å²) in [6.45, 7) is 3.45. The largest absolute Gasteiger partial charge is 0.397 e. The van der Waals surface area contributed by atoms with Gasteiger partial charge in [0.25, 0.3) is 5.91 Å². The SMILES string of the molecule is CC1=CCCN(C(=O)c2ncccc2N)C1. The molecule has 0 bridgehead atoms. The number of nitrogens with zero attached hydrogens (tertiary/aromatic N) is 2. The molecule has 0 spiro atoms. The molecule has 84 valence electrons. The van der Waals surface area contributed by atoms with Gasteiger partial charge in [-0.05, 0) is 25.5 Å². The molecule has 0 saturated heterocycles. The van der Waals surface area contributed by atoms with Crippen LogP contribution in [-0.2, 0) is 0 Å². The second-order valence-corrected chi connectivity index (χ2v) is 4.01. The summed E-state index contributed by atoms with van der Waals surface area (Å²) in [5, 5.41) is 0. The molecule has 1 aromatic heterocycles. The summed E-state index contributed by atoms with van der Waals surface area (Å²) in [4.78, 5) is 18.0. The Morgan fingerprint density at radius 1 is 1.56 bits per heavy atom. The van der Waals surface area contributed by atoms with Crippen molar-refractivity contribution in [3.05, 3.63) is 35.7 Å². The molecule has 0 aliphatic carbocycles. The van der Waals surface area contributed by atoms with Crippen molar-refractivity contribution in [2.45, 2.75) is 13.3 Å². The van der Waals surface area contributed by atoms with Crippen molar-refractivity contribution in [3.8, 4) is 0 Å². The molecule has 1 amide bonds. The monoisotopic (exact) mass is 217 g/mol. The number of carbonyl (C=O) groups is 1. The lowest BCUT2D eigenvalue weighted by Crippen LogP contribution is -2.36. The molecule has 1 aliphatic rings. The molecule has 1 aliphatic heterocycles. The van der Waals surface area contributed by atoms with Gasteiger partial charge in [0.15, 0.2) is 5.69 Å². The van der Waals surface area contributed by atoms with Crippen molar-refractivity contribution in [3.63, 3.8) is 0 Å². The van der Waals surface area contributed by atoms with E-state index in [1.165, 1.54) is 5.57 Å². The summed E-state index contributed by atoms with van der Waals surface area (Å²) >= 11 is 0. The van der Waals surface area contributed by atoms with Crippen LogP contribution >= 0.6 is 0 Å². The van der Waals surface area contributed by atoms with Crippen LogP contribution in [-0.4, -0.2) is 28.9 Å². The first-order valence-corrected chi connectivity index (χ1v) is 5.34. The summed E-state index contributed by atoms with van der Waals surface area (Å²) < 4.78 is 0. The van der Waals surface area contributed by atoms with E-state index in [-0.39, 0.29) is 5.91 Å². The predicted octanol–water partition coefficient (Wildman–Crippen LogP) is 1.46. The second-order valence-electron chi connectivity index (χ2n) is 4.01. The molecular formula is C12H15N3O. The highest BCUT2D eigenvalue weighted by molar-refractivity contribution is 5.97. The lowest BCUT2D eigenvalue weighted by Gasteiger charge is -2.26. The maximum Gasteiger partial charge on any atom is 0.274 e. The number of anilines is 1. The Kier molecular flexibility index (Phi) is 2.90. The number of hydrogen-bond acceptors (Lipinski definition) is 3. The van der Waals surface area contributed by atoms with Crippen LogP contribution in [0.5, 0.6) is 0 Å². The van der Waals surface area contributed by atoms with Gasteiger partial charge in [-0.15, -0.1) is 0 Å². The summed E-state index contributed by atoms with van der Waals surface area (Å²) in [6, 6.07) is 3.43. The van der Waals surface area contributed by atoms with E-state index in [1.54, 1.807) is 23.2 Å². The smallest absolute Gasteiger partial charge is 0.274 e. The molecule has 4 heteroatoms. The van der Waals surface area contributed by atoms with E-state index in [0.29, 0.717) is 17.9 Å². The van der Waals surface area contributed by atoms with Gasteiger partial charge in [-0.3, -0.25) is 4.79 Å². The quantitative estimate of drug-likeness (QED) is 0.724. The van der Waals surface area contributed by atoms with E-state index in [0.717, 1.165) is 13.0 Å². The Bertz CT molecular complexity index is 440. The summed E-state index contributed by atoms with van der Waals surface area (Å²) in [5.74, 6) is -0.0782. The molecule has 0 saturated carbocycles. The van der Waals surface area contributed by atoms with Gasteiger partial charge in [-0.1, -0.05) is 11.6 Å². The fourth-order valence-electron chi connectivity index (χ4n) is 1.83. The zero-order valence-electron chi connectivity index (χ0n) is 9.31. The van der Waals surface area contributed by atoms with Crippen molar-refractivity contribution >= 4 is 11.6 Å². The number of nitrogen functional groups attached to an aromatic ring is 1. The Morgan fingerprint density at radius 2 is 2.38 bits per heavy atom. The van der Waals surface area contributed by atoms with Crippen LogP contribution in [0.2, 0.25) is 0 Å². The minimum atomic E-state index is -0.0782. The standard InChI is InChI=1S/C12H15N3O/c1-9-4-3-7-15(8-9)12(16)11-10(13)5-2-6-14-11/h2,4-6H,3,7-8,13H2,1H3. The molecule has 0 unspecified atom stereocenters. The fourth-order valence-corrected chi connectivity index (χ4v) is 1.83. The summed E-state index contributed by atoms with van der Waals surface area (Å²) in [7, 11) is 0. The average Bonchev–Trinajstić information content (AvgIpc) is 2.29. The van der Waals surface area contributed by atoms with Crippen LogP contribution in [0.3, 0.4) is 0 Å². The molecule has 2 rings (SSSR count). The minimum Gasteiger partial charge on any atom is -0.397 e. The van der Waals surface area contributed by atoms with Gasteiger partial charge in [-0.25, -0.2) is 4.98 Å². The zero-order chi connectivity index (χ0) is 11.5. The normalized spacial score (nSPS) is 15.8. The van der Waals surface area contributed by atoms with Gasteiger partial charge in [0, 0.05) is 19.3 Å². The maximum absolute atomic E-state index is 12.1. The van der Waals surface area contributed by atoms with Gasteiger partial charge >= 0.3 is 0 Å². The predicted molar refractivity (Wildman–Crippen MR) is 62.9 cm³/mol. The van der Waals surface area contributed by atoms with Crippen LogP contribution in [0.15, 0.2) is 30.0 Å². The molecule has 0 aromatic carbocycles. The van der Waals surface area contributed by atoms with Crippen LogP contribution in [0, 0.1) is 0 Å². The third kappa shape index (κ3) is 2.05. The van der Waals surface area contributed by atoms with E-state index in [9.17, 15) is 4.79 Å². The van der Waals surface area contributed by atoms with Gasteiger partial charge in [0.2, 0.25) is 0 Å². The Morgan fingerprint density at radius 3 is 3.06 bits per heavy atom. The molecule has 2 N–H and O–H groups in total. The second kappa shape index (κ2) is 4.35. The van der Waals surface area contributed by atoms with E-state index in [4.69, 9.17) is 5.73 Å². The van der Waals surface area contributed by atoms with E-state index in [2.05, 4.69) is 11.1 Å².